The van der Waals surface area contributed by atoms with Crippen LogP contribution in [0.15, 0.2) is 83.8 Å². The first kappa shape index (κ1) is 30.1. The first-order valence-corrected chi connectivity index (χ1v) is 16.1. The van der Waals surface area contributed by atoms with Crippen molar-refractivity contribution in [3.63, 3.8) is 0 Å². The lowest BCUT2D eigenvalue weighted by Gasteiger charge is -2.22. The Bertz CT molecular complexity index is 1830. The summed E-state index contributed by atoms with van der Waals surface area (Å²) < 4.78 is 5.22. The Labute approximate surface area is 268 Å². The number of nitriles is 1. The van der Waals surface area contributed by atoms with Crippen LogP contribution in [0, 0.1) is 11.3 Å². The van der Waals surface area contributed by atoms with Gasteiger partial charge in [0.15, 0.2) is 6.61 Å². The molecule has 11 heteroatoms. The normalized spacial score (nSPS) is 17.4. The summed E-state index contributed by atoms with van der Waals surface area (Å²) in [5, 5.41) is 12.5. The van der Waals surface area contributed by atoms with Crippen molar-refractivity contribution in [2.24, 2.45) is 0 Å². The summed E-state index contributed by atoms with van der Waals surface area (Å²) in [6, 6.07) is 25.5. The molecule has 1 saturated heterocycles. The van der Waals surface area contributed by atoms with Gasteiger partial charge >= 0.3 is 5.97 Å². The zero-order chi connectivity index (χ0) is 31.5. The molecule has 4 aromatic rings. The first-order valence-electron chi connectivity index (χ1n) is 14.4. The highest BCUT2D eigenvalue weighted by Gasteiger charge is 2.40. The Morgan fingerprint density at radius 3 is 2.56 bits per heavy atom. The molecule has 1 aliphatic carbocycles. The molecule has 0 radical (unpaired) electrons. The third-order valence-corrected chi connectivity index (χ3v) is 10.2. The average Bonchev–Trinajstić information content (AvgIpc) is 3.54. The lowest BCUT2D eigenvalue weighted by atomic mass is 9.83. The highest BCUT2D eigenvalue weighted by atomic mass is 32.2. The van der Waals surface area contributed by atoms with Gasteiger partial charge < -0.3 is 15.8 Å². The number of nitrogen functional groups attached to an aromatic ring is 1. The third-order valence-electron chi connectivity index (χ3n) is 7.84. The average molecular weight is 637 g/mol. The van der Waals surface area contributed by atoms with E-state index in [1.54, 1.807) is 18.2 Å². The maximum Gasteiger partial charge on any atom is 0.338 e. The molecule has 3 aromatic carbocycles. The van der Waals surface area contributed by atoms with Gasteiger partial charge in [-0.3, -0.25) is 14.4 Å². The zero-order valence-corrected chi connectivity index (χ0v) is 25.7. The van der Waals surface area contributed by atoms with Crippen LogP contribution in [0.4, 0.5) is 16.4 Å². The van der Waals surface area contributed by atoms with Gasteiger partial charge in [0.25, 0.3) is 5.91 Å². The minimum absolute atomic E-state index is 0.0472. The van der Waals surface area contributed by atoms with Crippen molar-refractivity contribution in [3.8, 4) is 6.07 Å². The van der Waals surface area contributed by atoms with Crippen molar-refractivity contribution in [1.82, 2.24) is 0 Å². The number of thiophene rings is 1. The third kappa shape index (κ3) is 6.48. The number of esters is 1. The molecule has 1 fully saturated rings. The summed E-state index contributed by atoms with van der Waals surface area (Å²) in [7, 11) is 0. The van der Waals surface area contributed by atoms with E-state index in [9.17, 15) is 24.4 Å². The topological polar surface area (TPSA) is 143 Å². The molecular formula is C34H28N4O5S2. The number of hydrogen-bond acceptors (Lipinski definition) is 9. The van der Waals surface area contributed by atoms with Crippen molar-refractivity contribution < 1.29 is 23.9 Å². The van der Waals surface area contributed by atoms with Crippen LogP contribution < -0.4 is 16.0 Å². The van der Waals surface area contributed by atoms with Gasteiger partial charge in [0, 0.05) is 21.9 Å². The summed E-state index contributed by atoms with van der Waals surface area (Å²) >= 11 is 2.68. The Balaban J connectivity index is 1.04. The Morgan fingerprint density at radius 2 is 1.82 bits per heavy atom. The number of carbonyl (C=O) groups excluding carboxylic acids is 4. The monoisotopic (exact) mass is 636 g/mol. The Kier molecular flexibility index (Phi) is 8.69. The quantitative estimate of drug-likeness (QED) is 0.143. The van der Waals surface area contributed by atoms with Crippen molar-refractivity contribution in [3.05, 3.63) is 106 Å². The molecule has 2 unspecified atom stereocenters. The molecule has 0 saturated carbocycles. The first-order chi connectivity index (χ1) is 21.8. The number of nitrogens with two attached hydrogens (primary N) is 1. The lowest BCUT2D eigenvalue weighted by molar-refractivity contribution is -0.121. The fourth-order valence-corrected chi connectivity index (χ4v) is 8.06. The van der Waals surface area contributed by atoms with Crippen molar-refractivity contribution >= 4 is 63.2 Å². The number of nitrogens with one attached hydrogen (secondary N) is 1. The van der Waals surface area contributed by atoms with Crippen molar-refractivity contribution in [2.75, 3.05) is 22.6 Å². The van der Waals surface area contributed by atoms with E-state index in [2.05, 4.69) is 23.5 Å². The van der Waals surface area contributed by atoms with Crippen LogP contribution >= 0.6 is 23.1 Å². The molecule has 0 bridgehead atoms. The predicted molar refractivity (Wildman–Crippen MR) is 173 cm³/mol. The molecule has 2 atom stereocenters. The summed E-state index contributed by atoms with van der Waals surface area (Å²) in [5.74, 6) is -1.61. The largest absolute Gasteiger partial charge is 0.452 e. The van der Waals surface area contributed by atoms with E-state index in [1.807, 2.05) is 24.3 Å². The van der Waals surface area contributed by atoms with E-state index < -0.39 is 23.7 Å². The van der Waals surface area contributed by atoms with Gasteiger partial charge in [0.1, 0.15) is 11.1 Å². The molecule has 45 heavy (non-hydrogen) atoms. The molecule has 3 amide bonds. The van der Waals surface area contributed by atoms with Crippen LogP contribution in [0.25, 0.3) is 0 Å². The number of anilines is 3. The molecule has 2 heterocycles. The smallest absolute Gasteiger partial charge is 0.338 e. The van der Waals surface area contributed by atoms with E-state index in [0.29, 0.717) is 27.9 Å². The molecule has 2 aliphatic rings. The number of imide groups is 1. The summed E-state index contributed by atoms with van der Waals surface area (Å²) in [6.07, 6.45) is 2.53. The predicted octanol–water partition coefficient (Wildman–Crippen LogP) is 5.69. The van der Waals surface area contributed by atoms with Crippen LogP contribution in [0.5, 0.6) is 0 Å². The number of rotatable bonds is 8. The van der Waals surface area contributed by atoms with Gasteiger partial charge in [-0.2, -0.15) is 5.26 Å². The Morgan fingerprint density at radius 1 is 1.04 bits per heavy atom. The second-order valence-electron chi connectivity index (χ2n) is 10.8. The van der Waals surface area contributed by atoms with E-state index in [4.69, 9.17) is 10.5 Å². The number of amides is 3. The van der Waals surface area contributed by atoms with Gasteiger partial charge in [0.2, 0.25) is 11.8 Å². The second-order valence-corrected chi connectivity index (χ2v) is 13.2. The molecule has 1 aromatic heterocycles. The fourth-order valence-electron chi connectivity index (χ4n) is 5.65. The minimum Gasteiger partial charge on any atom is -0.452 e. The van der Waals surface area contributed by atoms with E-state index >= 15 is 0 Å². The van der Waals surface area contributed by atoms with Crippen LogP contribution in [0.1, 0.15) is 50.7 Å². The van der Waals surface area contributed by atoms with E-state index in [-0.39, 0.29) is 23.8 Å². The molecule has 6 rings (SSSR count). The number of carbonyl (C=O) groups is 4. The molecule has 226 valence electrons. The van der Waals surface area contributed by atoms with Gasteiger partial charge in [-0.1, -0.05) is 36.4 Å². The molecule has 3 N–H and O–H groups in total. The maximum absolute atomic E-state index is 13.0. The molecule has 1 aliphatic heterocycles. The minimum atomic E-state index is -0.734. The zero-order valence-electron chi connectivity index (χ0n) is 24.0. The number of hydrogen-bond donors (Lipinski definition) is 2. The van der Waals surface area contributed by atoms with Gasteiger partial charge in [0.05, 0.1) is 22.1 Å². The highest BCUT2D eigenvalue weighted by molar-refractivity contribution is 8.00. The van der Waals surface area contributed by atoms with Gasteiger partial charge in [-0.25, -0.2) is 9.69 Å². The molecule has 9 nitrogen and oxygen atoms in total. The number of thioether (sulfide) groups is 1. The van der Waals surface area contributed by atoms with Crippen LogP contribution in [0.3, 0.4) is 0 Å². The SMILES string of the molecule is N#Cc1c(NC(=O)COC(=O)c2ccc(N3C(=O)CC(Sc4cccc(N)c4)C3=O)cc2)sc2c1CCC(c1ccccc1)C2. The summed E-state index contributed by atoms with van der Waals surface area (Å²) in [5.41, 5.74) is 9.61. The lowest BCUT2D eigenvalue weighted by Crippen LogP contribution is -2.31. The maximum atomic E-state index is 13.0. The summed E-state index contributed by atoms with van der Waals surface area (Å²) in [4.78, 5) is 54.1. The second kappa shape index (κ2) is 13.0. The number of fused-ring (bicyclic) bond motifs is 1. The molecular weight excluding hydrogens is 609 g/mol. The number of ether oxygens (including phenoxy) is 1. The van der Waals surface area contributed by atoms with E-state index in [0.717, 1.165) is 39.5 Å². The van der Waals surface area contributed by atoms with Crippen LogP contribution in [-0.4, -0.2) is 35.5 Å². The number of nitrogens with zero attached hydrogens (tertiary/aromatic N) is 2. The fraction of sp³-hybridized carbons (Fsp3) is 0.206. The Hall–Kier alpha value is -4.92. The highest BCUT2D eigenvalue weighted by Crippen LogP contribution is 2.42. The summed E-state index contributed by atoms with van der Waals surface area (Å²) in [6.45, 7) is -0.535. The van der Waals surface area contributed by atoms with Gasteiger partial charge in [-0.05, 0) is 78.8 Å². The van der Waals surface area contributed by atoms with E-state index in [1.165, 1.54) is 52.9 Å². The standard InChI is InChI=1S/C34H28N4O5S2/c35-18-27-26-14-11-22(20-5-2-1-3-6-20)15-28(26)45-32(27)37-30(39)19-43-34(42)21-9-12-24(13-10-21)38-31(40)17-29(33(38)41)44-25-8-4-7-23(36)16-25/h1-10,12-13,16,22,29H,11,14-15,17,19,36H2,(H,37,39). The van der Waals surface area contributed by atoms with Crippen LogP contribution in [0.2, 0.25) is 0 Å². The van der Waals surface area contributed by atoms with Crippen molar-refractivity contribution in [1.29, 1.82) is 5.26 Å². The molecule has 0 spiro atoms. The number of benzene rings is 3. The van der Waals surface area contributed by atoms with Crippen LogP contribution in [-0.2, 0) is 32.0 Å². The van der Waals surface area contributed by atoms with Crippen molar-refractivity contribution in [2.45, 2.75) is 41.7 Å². The van der Waals surface area contributed by atoms with Gasteiger partial charge in [-0.15, -0.1) is 23.1 Å².